The SMILES string of the molecule is CC1CCCC(OCC(O)CNC(C)CCO)C1. The van der Waals surface area contributed by atoms with Crippen molar-refractivity contribution in [1.29, 1.82) is 0 Å². The summed E-state index contributed by atoms with van der Waals surface area (Å²) in [6, 6.07) is 0.236. The van der Waals surface area contributed by atoms with Gasteiger partial charge in [-0.1, -0.05) is 19.8 Å². The molecule has 4 nitrogen and oxygen atoms in total. The summed E-state index contributed by atoms with van der Waals surface area (Å²) >= 11 is 0. The third-order valence-corrected chi connectivity index (χ3v) is 3.68. The lowest BCUT2D eigenvalue weighted by Crippen LogP contribution is -2.37. The first-order valence-corrected chi connectivity index (χ1v) is 7.25. The second-order valence-corrected chi connectivity index (χ2v) is 5.70. The van der Waals surface area contributed by atoms with Crippen molar-refractivity contribution in [2.75, 3.05) is 19.8 Å². The molecule has 0 aromatic rings. The van der Waals surface area contributed by atoms with Crippen molar-refractivity contribution in [2.24, 2.45) is 5.92 Å². The number of aliphatic hydroxyl groups excluding tert-OH is 2. The second kappa shape index (κ2) is 8.86. The molecule has 1 fully saturated rings. The predicted octanol–water partition coefficient (Wildman–Crippen LogP) is 1.30. The lowest BCUT2D eigenvalue weighted by molar-refractivity contribution is -0.0311. The average molecular weight is 259 g/mol. The Morgan fingerprint density at radius 1 is 1.39 bits per heavy atom. The third-order valence-electron chi connectivity index (χ3n) is 3.68. The molecule has 1 aliphatic rings. The molecule has 0 bridgehead atoms. The summed E-state index contributed by atoms with van der Waals surface area (Å²) in [5.41, 5.74) is 0. The molecule has 4 unspecified atom stereocenters. The third kappa shape index (κ3) is 6.69. The highest BCUT2D eigenvalue weighted by atomic mass is 16.5. The molecular weight excluding hydrogens is 230 g/mol. The molecule has 4 heteroatoms. The van der Waals surface area contributed by atoms with Crippen molar-refractivity contribution in [3.8, 4) is 0 Å². The highest BCUT2D eigenvalue weighted by molar-refractivity contribution is 4.72. The van der Waals surface area contributed by atoms with Gasteiger partial charge < -0.3 is 20.3 Å². The molecular formula is C14H29NO3. The standard InChI is InChI=1S/C14H29NO3/c1-11-4-3-5-14(8-11)18-10-13(17)9-15-12(2)6-7-16/h11-17H,3-10H2,1-2H3. The van der Waals surface area contributed by atoms with E-state index in [1.807, 2.05) is 6.92 Å². The fourth-order valence-electron chi connectivity index (χ4n) is 2.47. The summed E-state index contributed by atoms with van der Waals surface area (Å²) in [5, 5.41) is 21.8. The molecule has 1 saturated carbocycles. The minimum atomic E-state index is -0.455. The van der Waals surface area contributed by atoms with Crippen LogP contribution in [-0.4, -0.2) is 48.2 Å². The lowest BCUT2D eigenvalue weighted by atomic mass is 9.89. The van der Waals surface area contributed by atoms with E-state index in [2.05, 4.69) is 12.2 Å². The van der Waals surface area contributed by atoms with Crippen LogP contribution in [0.3, 0.4) is 0 Å². The first-order chi connectivity index (χ1) is 8.61. The van der Waals surface area contributed by atoms with Gasteiger partial charge in [0.1, 0.15) is 0 Å². The van der Waals surface area contributed by atoms with Crippen LogP contribution >= 0.6 is 0 Å². The Balaban J connectivity index is 2.07. The van der Waals surface area contributed by atoms with Crippen molar-refractivity contribution in [2.45, 2.75) is 64.2 Å². The first kappa shape index (κ1) is 15.9. The molecule has 0 aliphatic heterocycles. The van der Waals surface area contributed by atoms with E-state index in [4.69, 9.17) is 9.84 Å². The number of hydrogen-bond donors (Lipinski definition) is 3. The molecule has 0 radical (unpaired) electrons. The summed E-state index contributed by atoms with van der Waals surface area (Å²) in [6.07, 6.45) is 5.40. The minimum absolute atomic E-state index is 0.181. The van der Waals surface area contributed by atoms with Gasteiger partial charge in [-0.05, 0) is 32.1 Å². The van der Waals surface area contributed by atoms with E-state index in [0.717, 1.165) is 18.8 Å². The van der Waals surface area contributed by atoms with Crippen molar-refractivity contribution in [3.63, 3.8) is 0 Å². The van der Waals surface area contributed by atoms with Gasteiger partial charge in [-0.25, -0.2) is 0 Å². The molecule has 0 amide bonds. The summed E-state index contributed by atoms with van der Waals surface area (Å²) in [4.78, 5) is 0. The van der Waals surface area contributed by atoms with Crippen molar-refractivity contribution in [3.05, 3.63) is 0 Å². The zero-order valence-electron chi connectivity index (χ0n) is 11.8. The molecule has 0 saturated heterocycles. The van der Waals surface area contributed by atoms with Crippen LogP contribution in [0, 0.1) is 5.92 Å². The monoisotopic (exact) mass is 259 g/mol. The molecule has 108 valence electrons. The zero-order chi connectivity index (χ0) is 13.4. The predicted molar refractivity (Wildman–Crippen MR) is 72.5 cm³/mol. The number of aliphatic hydroxyl groups is 2. The van der Waals surface area contributed by atoms with Crippen molar-refractivity contribution >= 4 is 0 Å². The van der Waals surface area contributed by atoms with E-state index < -0.39 is 6.10 Å². The minimum Gasteiger partial charge on any atom is -0.396 e. The number of nitrogens with one attached hydrogen (secondary N) is 1. The van der Waals surface area contributed by atoms with Gasteiger partial charge in [-0.3, -0.25) is 0 Å². The topological polar surface area (TPSA) is 61.7 Å². The largest absolute Gasteiger partial charge is 0.396 e. The summed E-state index contributed by atoms with van der Waals surface area (Å²) in [7, 11) is 0. The molecule has 3 N–H and O–H groups in total. The lowest BCUT2D eigenvalue weighted by Gasteiger charge is -2.27. The van der Waals surface area contributed by atoms with E-state index >= 15 is 0 Å². The number of ether oxygens (including phenoxy) is 1. The average Bonchev–Trinajstić information content (AvgIpc) is 2.34. The Morgan fingerprint density at radius 3 is 2.83 bits per heavy atom. The Hall–Kier alpha value is -0.160. The van der Waals surface area contributed by atoms with E-state index in [0.29, 0.717) is 25.7 Å². The van der Waals surface area contributed by atoms with Crippen LogP contribution in [0.1, 0.15) is 46.0 Å². The van der Waals surface area contributed by atoms with Gasteiger partial charge in [0.15, 0.2) is 0 Å². The maximum atomic E-state index is 9.81. The van der Waals surface area contributed by atoms with E-state index in [1.165, 1.54) is 12.8 Å². The maximum Gasteiger partial charge on any atom is 0.0897 e. The van der Waals surface area contributed by atoms with Crippen LogP contribution in [0.25, 0.3) is 0 Å². The van der Waals surface area contributed by atoms with Crippen LogP contribution < -0.4 is 5.32 Å². The van der Waals surface area contributed by atoms with Gasteiger partial charge in [0.05, 0.1) is 18.8 Å². The summed E-state index contributed by atoms with van der Waals surface area (Å²) in [6.45, 7) is 5.40. The van der Waals surface area contributed by atoms with E-state index in [9.17, 15) is 5.11 Å². The Labute approximate surface area is 111 Å². The summed E-state index contributed by atoms with van der Waals surface area (Å²) in [5.74, 6) is 0.753. The van der Waals surface area contributed by atoms with Crippen LogP contribution in [-0.2, 0) is 4.74 Å². The van der Waals surface area contributed by atoms with Crippen LogP contribution in [0.4, 0.5) is 0 Å². The number of hydrogen-bond acceptors (Lipinski definition) is 4. The fraction of sp³-hybridized carbons (Fsp3) is 1.00. The molecule has 0 aromatic carbocycles. The Kier molecular flexibility index (Phi) is 7.82. The van der Waals surface area contributed by atoms with Gasteiger partial charge in [-0.2, -0.15) is 0 Å². The number of rotatable bonds is 8. The van der Waals surface area contributed by atoms with Crippen molar-refractivity contribution in [1.82, 2.24) is 5.32 Å². The van der Waals surface area contributed by atoms with Crippen LogP contribution in [0.2, 0.25) is 0 Å². The van der Waals surface area contributed by atoms with E-state index in [1.54, 1.807) is 0 Å². The van der Waals surface area contributed by atoms with Gasteiger partial charge in [0.25, 0.3) is 0 Å². The Morgan fingerprint density at radius 2 is 2.17 bits per heavy atom. The van der Waals surface area contributed by atoms with Gasteiger partial charge in [0.2, 0.25) is 0 Å². The molecule has 1 aliphatic carbocycles. The van der Waals surface area contributed by atoms with Gasteiger partial charge in [-0.15, -0.1) is 0 Å². The molecule has 4 atom stereocenters. The highest BCUT2D eigenvalue weighted by Gasteiger charge is 2.20. The van der Waals surface area contributed by atoms with Crippen molar-refractivity contribution < 1.29 is 14.9 Å². The van der Waals surface area contributed by atoms with Crippen LogP contribution in [0.15, 0.2) is 0 Å². The zero-order valence-corrected chi connectivity index (χ0v) is 11.8. The molecule has 0 aromatic heterocycles. The normalized spacial score (nSPS) is 28.0. The second-order valence-electron chi connectivity index (χ2n) is 5.70. The highest BCUT2D eigenvalue weighted by Crippen LogP contribution is 2.25. The maximum absolute atomic E-state index is 9.81. The smallest absolute Gasteiger partial charge is 0.0897 e. The van der Waals surface area contributed by atoms with Gasteiger partial charge >= 0.3 is 0 Å². The molecule has 18 heavy (non-hydrogen) atoms. The van der Waals surface area contributed by atoms with Crippen LogP contribution in [0.5, 0.6) is 0 Å². The fourth-order valence-corrected chi connectivity index (χ4v) is 2.47. The van der Waals surface area contributed by atoms with E-state index in [-0.39, 0.29) is 12.6 Å². The molecule has 0 spiro atoms. The van der Waals surface area contributed by atoms with Gasteiger partial charge in [0, 0.05) is 19.2 Å². The Bertz CT molecular complexity index is 213. The molecule has 1 rings (SSSR count). The summed E-state index contributed by atoms with van der Waals surface area (Å²) < 4.78 is 5.77. The quantitative estimate of drug-likeness (QED) is 0.615. The molecule has 0 heterocycles. The first-order valence-electron chi connectivity index (χ1n) is 7.25.